The number of benzene rings is 1. The number of hydrogen-bond acceptors (Lipinski definition) is 6. The third-order valence-corrected chi connectivity index (χ3v) is 7.41. The highest BCUT2D eigenvalue weighted by Crippen LogP contribution is 2.41. The Labute approximate surface area is 209 Å². The molecule has 4 aromatic heterocycles. The van der Waals surface area contributed by atoms with Crippen molar-refractivity contribution in [2.75, 3.05) is 18.5 Å². The molecule has 1 aliphatic heterocycles. The van der Waals surface area contributed by atoms with E-state index < -0.39 is 5.54 Å². The summed E-state index contributed by atoms with van der Waals surface area (Å²) in [6.45, 7) is 0.733. The molecule has 1 aliphatic rings. The molecule has 0 atom stereocenters. The van der Waals surface area contributed by atoms with Gasteiger partial charge in [0, 0.05) is 47.8 Å². The van der Waals surface area contributed by atoms with Crippen molar-refractivity contribution in [3.63, 3.8) is 0 Å². The molecule has 0 aliphatic carbocycles. The Kier molecular flexibility index (Phi) is 5.28. The van der Waals surface area contributed by atoms with E-state index in [1.165, 1.54) is 11.3 Å². The molecule has 5 aromatic rings. The van der Waals surface area contributed by atoms with Crippen molar-refractivity contribution in [2.45, 2.75) is 5.54 Å². The van der Waals surface area contributed by atoms with Crippen LogP contribution in [-0.4, -0.2) is 44.0 Å². The molecule has 35 heavy (non-hydrogen) atoms. The highest BCUT2D eigenvalue weighted by Gasteiger charge is 2.44. The molecule has 176 valence electrons. The number of hydrogen-bond donors (Lipinski definition) is 3. The molecule has 6 rings (SSSR count). The first-order chi connectivity index (χ1) is 17.0. The first kappa shape index (κ1) is 21.8. The summed E-state index contributed by atoms with van der Waals surface area (Å²) in [6, 6.07) is 11.0. The van der Waals surface area contributed by atoms with Gasteiger partial charge in [-0.15, -0.1) is 11.3 Å². The molecule has 1 saturated heterocycles. The molecule has 0 saturated carbocycles. The summed E-state index contributed by atoms with van der Waals surface area (Å²) >= 11 is 8.09. The van der Waals surface area contributed by atoms with E-state index in [1.54, 1.807) is 23.3 Å². The van der Waals surface area contributed by atoms with E-state index in [1.807, 2.05) is 49.6 Å². The van der Waals surface area contributed by atoms with Crippen LogP contribution in [0.4, 0.5) is 10.5 Å². The molecule has 0 bridgehead atoms. The summed E-state index contributed by atoms with van der Waals surface area (Å²) in [5.74, 6) is 0. The number of pyridine rings is 1. The lowest BCUT2D eigenvalue weighted by Gasteiger charge is -2.40. The molecular formula is C24H20ClN7O2S. The lowest BCUT2D eigenvalue weighted by Crippen LogP contribution is -2.59. The van der Waals surface area contributed by atoms with Crippen LogP contribution in [0, 0.1) is 0 Å². The van der Waals surface area contributed by atoms with E-state index in [4.69, 9.17) is 16.3 Å². The number of carbonyl (C=O) groups excluding carboxylic acids is 1. The zero-order valence-corrected chi connectivity index (χ0v) is 20.2. The minimum atomic E-state index is -0.646. The number of urea groups is 1. The number of amides is 2. The highest BCUT2D eigenvalue weighted by molar-refractivity contribution is 7.15. The number of nitrogens with zero attached hydrogens (tertiary/aromatic N) is 4. The normalized spacial score (nSPS) is 14.6. The molecule has 1 aromatic carbocycles. The number of thiazole rings is 1. The molecule has 0 unspecified atom stereocenters. The van der Waals surface area contributed by atoms with Crippen molar-refractivity contribution < 1.29 is 9.53 Å². The second-order valence-corrected chi connectivity index (χ2v) is 9.82. The van der Waals surface area contributed by atoms with Gasteiger partial charge in [0.05, 0.1) is 35.0 Å². The fraction of sp³-hybridized carbons (Fsp3) is 0.167. The molecule has 3 N–H and O–H groups in total. The summed E-state index contributed by atoms with van der Waals surface area (Å²) < 4.78 is 7.24. The van der Waals surface area contributed by atoms with Crippen LogP contribution in [-0.2, 0) is 17.3 Å². The van der Waals surface area contributed by atoms with Gasteiger partial charge in [0.1, 0.15) is 16.2 Å². The van der Waals surface area contributed by atoms with Crippen molar-refractivity contribution in [3.05, 3.63) is 71.1 Å². The number of aromatic nitrogens is 5. The van der Waals surface area contributed by atoms with Crippen LogP contribution >= 0.6 is 22.9 Å². The Morgan fingerprint density at radius 3 is 2.74 bits per heavy atom. The Morgan fingerprint density at radius 1 is 1.20 bits per heavy atom. The number of aryl methyl sites for hydroxylation is 1. The monoisotopic (exact) mass is 505 g/mol. The zero-order chi connectivity index (χ0) is 24.0. The van der Waals surface area contributed by atoms with E-state index in [0.29, 0.717) is 29.6 Å². The first-order valence-electron chi connectivity index (χ1n) is 10.9. The molecule has 11 heteroatoms. The maximum atomic E-state index is 12.7. The van der Waals surface area contributed by atoms with Crippen molar-refractivity contribution in [3.8, 4) is 21.8 Å². The van der Waals surface area contributed by atoms with E-state index in [2.05, 4.69) is 30.7 Å². The van der Waals surface area contributed by atoms with Crippen molar-refractivity contribution in [1.29, 1.82) is 0 Å². The van der Waals surface area contributed by atoms with Gasteiger partial charge in [-0.25, -0.2) is 14.8 Å². The van der Waals surface area contributed by atoms with Gasteiger partial charge >= 0.3 is 6.03 Å². The second-order valence-electron chi connectivity index (χ2n) is 8.38. The van der Waals surface area contributed by atoms with Gasteiger partial charge in [0.25, 0.3) is 0 Å². The topological polar surface area (TPSA) is 110 Å². The van der Waals surface area contributed by atoms with Crippen molar-refractivity contribution >= 4 is 45.7 Å². The van der Waals surface area contributed by atoms with Crippen LogP contribution in [0.1, 0.15) is 4.88 Å². The van der Waals surface area contributed by atoms with E-state index in [9.17, 15) is 4.79 Å². The number of carbonyl (C=O) groups is 1. The fourth-order valence-electron chi connectivity index (χ4n) is 4.08. The number of fused-ring (bicyclic) bond motifs is 1. The van der Waals surface area contributed by atoms with Gasteiger partial charge in [-0.05, 0) is 18.2 Å². The number of H-pyrrole nitrogens is 1. The third kappa shape index (κ3) is 3.95. The van der Waals surface area contributed by atoms with Crippen LogP contribution < -0.4 is 10.6 Å². The van der Waals surface area contributed by atoms with Gasteiger partial charge < -0.3 is 20.4 Å². The Hall–Kier alpha value is -3.73. The number of nitrogens with one attached hydrogen (secondary N) is 3. The molecular weight excluding hydrogens is 486 g/mol. The standard InChI is InChI=1S/C24H20ClN7O2S/c1-32-11-14(8-28-32)18-7-16-20(17(25)9-26-21(16)30-18)22-27-10-19(35-22)24(12-34-13-24)31-23(33)29-15-5-3-2-4-6-15/h2-11H,12-13H2,1H3,(H,26,30)(H2,29,31,33). The van der Waals surface area contributed by atoms with Crippen LogP contribution in [0.5, 0.6) is 0 Å². The number of rotatable bonds is 5. The van der Waals surface area contributed by atoms with Crippen LogP contribution in [0.2, 0.25) is 5.02 Å². The molecule has 9 nitrogen and oxygen atoms in total. The number of anilines is 1. The van der Waals surface area contributed by atoms with Gasteiger partial charge in [-0.3, -0.25) is 4.68 Å². The van der Waals surface area contributed by atoms with Gasteiger partial charge in [0.15, 0.2) is 0 Å². The summed E-state index contributed by atoms with van der Waals surface area (Å²) in [7, 11) is 1.87. The van der Waals surface area contributed by atoms with E-state index in [-0.39, 0.29) is 6.03 Å². The van der Waals surface area contributed by atoms with Gasteiger partial charge in [0.2, 0.25) is 0 Å². The average Bonchev–Trinajstić information content (AvgIpc) is 3.56. The molecule has 5 heterocycles. The fourth-order valence-corrected chi connectivity index (χ4v) is 5.48. The maximum absolute atomic E-state index is 12.7. The number of aromatic amines is 1. The third-order valence-electron chi connectivity index (χ3n) is 5.90. The second kappa shape index (κ2) is 8.49. The molecule has 2 amide bonds. The number of ether oxygens (including phenoxy) is 1. The smallest absolute Gasteiger partial charge is 0.320 e. The lowest BCUT2D eigenvalue weighted by atomic mass is 9.96. The predicted molar refractivity (Wildman–Crippen MR) is 136 cm³/mol. The largest absolute Gasteiger partial charge is 0.376 e. The maximum Gasteiger partial charge on any atom is 0.320 e. The van der Waals surface area contributed by atoms with Gasteiger partial charge in [-0.1, -0.05) is 29.8 Å². The Morgan fingerprint density at radius 2 is 2.03 bits per heavy atom. The summed E-state index contributed by atoms with van der Waals surface area (Å²) in [5.41, 5.74) is 3.42. The lowest BCUT2D eigenvalue weighted by molar-refractivity contribution is -0.0691. The Bertz CT molecular complexity index is 1540. The minimum absolute atomic E-state index is 0.300. The average molecular weight is 506 g/mol. The quantitative estimate of drug-likeness (QED) is 0.318. The number of para-hydroxylation sites is 1. The summed E-state index contributed by atoms with van der Waals surface area (Å²) in [6.07, 6.45) is 7.13. The van der Waals surface area contributed by atoms with Crippen LogP contribution in [0.25, 0.3) is 32.9 Å². The minimum Gasteiger partial charge on any atom is -0.376 e. The zero-order valence-electron chi connectivity index (χ0n) is 18.6. The first-order valence-corrected chi connectivity index (χ1v) is 12.1. The van der Waals surface area contributed by atoms with Gasteiger partial charge in [-0.2, -0.15) is 5.10 Å². The van der Waals surface area contributed by atoms with Crippen molar-refractivity contribution in [1.82, 2.24) is 30.0 Å². The summed E-state index contributed by atoms with van der Waals surface area (Å²) in [5, 5.41) is 12.3. The van der Waals surface area contributed by atoms with Crippen molar-refractivity contribution in [2.24, 2.45) is 7.05 Å². The number of halogens is 1. The Balaban J connectivity index is 1.32. The predicted octanol–water partition coefficient (Wildman–Crippen LogP) is 4.79. The van der Waals surface area contributed by atoms with Crippen LogP contribution in [0.3, 0.4) is 0 Å². The van der Waals surface area contributed by atoms with Crippen LogP contribution in [0.15, 0.2) is 61.2 Å². The summed E-state index contributed by atoms with van der Waals surface area (Å²) in [4.78, 5) is 26.1. The SMILES string of the molecule is Cn1cc(-c2cc3c(-c4ncc(C5(NC(=O)Nc6ccccc6)COC5)s4)c(Cl)cnc3[nH]2)cn1. The molecule has 1 fully saturated rings. The van der Waals surface area contributed by atoms with E-state index >= 15 is 0 Å². The molecule has 0 spiro atoms. The van der Waals surface area contributed by atoms with E-state index in [0.717, 1.165) is 32.1 Å². The molecule has 0 radical (unpaired) electrons. The highest BCUT2D eigenvalue weighted by atomic mass is 35.5.